The van der Waals surface area contributed by atoms with Crippen LogP contribution in [0, 0.1) is 5.82 Å². The smallest absolute Gasteiger partial charge is 0.338 e. The number of carbonyl (C=O) groups excluding carboxylic acids is 1. The van der Waals surface area contributed by atoms with Crippen molar-refractivity contribution in [2.45, 2.75) is 25.9 Å². The Kier molecular flexibility index (Phi) is 4.70. The molecule has 1 amide bonds. The van der Waals surface area contributed by atoms with Crippen LogP contribution in [0.3, 0.4) is 0 Å². The van der Waals surface area contributed by atoms with Crippen molar-refractivity contribution in [3.63, 3.8) is 0 Å². The minimum absolute atomic E-state index is 0.0158. The van der Waals surface area contributed by atoms with Crippen LogP contribution in [-0.2, 0) is 16.9 Å². The SMILES string of the molecule is CC(C)(NC(=O)Cn1cc(C(=O)O)cn1)c1cccc(Cl)c1F. The lowest BCUT2D eigenvalue weighted by atomic mass is 9.93. The number of carbonyl (C=O) groups is 2. The molecule has 8 heteroatoms. The number of amides is 1. The van der Waals surface area contributed by atoms with Gasteiger partial charge in [0, 0.05) is 11.8 Å². The number of hydrogen-bond acceptors (Lipinski definition) is 3. The van der Waals surface area contributed by atoms with Crippen LogP contribution in [0.2, 0.25) is 5.02 Å². The number of hydrogen-bond donors (Lipinski definition) is 2. The van der Waals surface area contributed by atoms with Gasteiger partial charge in [-0.05, 0) is 19.9 Å². The fourth-order valence-electron chi connectivity index (χ4n) is 2.15. The van der Waals surface area contributed by atoms with Crippen LogP contribution in [0.15, 0.2) is 30.6 Å². The second kappa shape index (κ2) is 6.37. The zero-order chi connectivity index (χ0) is 17.2. The topological polar surface area (TPSA) is 84.2 Å². The molecule has 0 radical (unpaired) electrons. The lowest BCUT2D eigenvalue weighted by molar-refractivity contribution is -0.123. The molecule has 0 unspecified atom stereocenters. The number of benzene rings is 1. The highest BCUT2D eigenvalue weighted by Crippen LogP contribution is 2.27. The molecule has 0 atom stereocenters. The summed E-state index contributed by atoms with van der Waals surface area (Å²) in [6.45, 7) is 3.11. The van der Waals surface area contributed by atoms with E-state index in [0.29, 0.717) is 0 Å². The minimum atomic E-state index is -1.13. The molecule has 23 heavy (non-hydrogen) atoms. The Morgan fingerprint density at radius 3 is 2.74 bits per heavy atom. The highest BCUT2D eigenvalue weighted by Gasteiger charge is 2.27. The van der Waals surface area contributed by atoms with Crippen molar-refractivity contribution in [1.29, 1.82) is 0 Å². The highest BCUT2D eigenvalue weighted by molar-refractivity contribution is 6.30. The lowest BCUT2D eigenvalue weighted by Gasteiger charge is -2.27. The fraction of sp³-hybridized carbons (Fsp3) is 0.267. The molecule has 0 aliphatic carbocycles. The summed E-state index contributed by atoms with van der Waals surface area (Å²) in [5.74, 6) is -2.15. The van der Waals surface area contributed by atoms with E-state index in [-0.39, 0.29) is 22.7 Å². The largest absolute Gasteiger partial charge is 0.478 e. The molecular formula is C15H15ClFN3O3. The predicted molar refractivity (Wildman–Crippen MR) is 81.8 cm³/mol. The molecule has 2 N–H and O–H groups in total. The van der Waals surface area contributed by atoms with Crippen molar-refractivity contribution in [3.8, 4) is 0 Å². The number of aromatic nitrogens is 2. The van der Waals surface area contributed by atoms with E-state index in [1.54, 1.807) is 19.9 Å². The average molecular weight is 340 g/mol. The molecule has 1 aromatic carbocycles. The van der Waals surface area contributed by atoms with Gasteiger partial charge in [0.2, 0.25) is 5.91 Å². The summed E-state index contributed by atoms with van der Waals surface area (Å²) in [6.07, 6.45) is 2.40. The number of halogens is 2. The van der Waals surface area contributed by atoms with Crippen molar-refractivity contribution in [1.82, 2.24) is 15.1 Å². The zero-order valence-corrected chi connectivity index (χ0v) is 13.3. The van der Waals surface area contributed by atoms with Gasteiger partial charge in [0.05, 0.1) is 22.3 Å². The zero-order valence-electron chi connectivity index (χ0n) is 12.5. The van der Waals surface area contributed by atoms with E-state index in [9.17, 15) is 14.0 Å². The van der Waals surface area contributed by atoms with E-state index in [1.165, 1.54) is 23.0 Å². The van der Waals surface area contributed by atoms with Crippen LogP contribution >= 0.6 is 11.6 Å². The van der Waals surface area contributed by atoms with Gasteiger partial charge in [-0.25, -0.2) is 9.18 Å². The molecule has 122 valence electrons. The quantitative estimate of drug-likeness (QED) is 0.876. The third-order valence-electron chi connectivity index (χ3n) is 3.26. The second-order valence-corrected chi connectivity index (χ2v) is 5.91. The number of nitrogens with one attached hydrogen (secondary N) is 1. The van der Waals surface area contributed by atoms with Gasteiger partial charge in [-0.2, -0.15) is 5.10 Å². The molecule has 0 saturated heterocycles. The van der Waals surface area contributed by atoms with E-state index in [0.717, 1.165) is 6.20 Å². The third kappa shape index (κ3) is 3.87. The molecule has 1 aromatic heterocycles. The fourth-order valence-corrected chi connectivity index (χ4v) is 2.32. The maximum Gasteiger partial charge on any atom is 0.338 e. The van der Waals surface area contributed by atoms with Crippen molar-refractivity contribution in [3.05, 3.63) is 52.6 Å². The van der Waals surface area contributed by atoms with Crippen molar-refractivity contribution >= 4 is 23.5 Å². The summed E-state index contributed by atoms with van der Waals surface area (Å²) >= 11 is 5.76. The summed E-state index contributed by atoms with van der Waals surface area (Å²) in [7, 11) is 0. The van der Waals surface area contributed by atoms with Gasteiger partial charge in [-0.15, -0.1) is 0 Å². The van der Waals surface area contributed by atoms with Gasteiger partial charge in [-0.3, -0.25) is 9.48 Å². The van der Waals surface area contributed by atoms with Crippen molar-refractivity contribution < 1.29 is 19.1 Å². The summed E-state index contributed by atoms with van der Waals surface area (Å²) in [4.78, 5) is 22.9. The van der Waals surface area contributed by atoms with Crippen LogP contribution in [0.5, 0.6) is 0 Å². The van der Waals surface area contributed by atoms with E-state index < -0.39 is 23.2 Å². The number of carboxylic acid groups (broad SMARTS) is 1. The minimum Gasteiger partial charge on any atom is -0.478 e. The first-order chi connectivity index (χ1) is 10.7. The van der Waals surface area contributed by atoms with Crippen LogP contribution in [0.4, 0.5) is 4.39 Å². The molecule has 2 rings (SSSR count). The van der Waals surface area contributed by atoms with Gasteiger partial charge in [0.1, 0.15) is 12.4 Å². The second-order valence-electron chi connectivity index (χ2n) is 5.51. The Balaban J connectivity index is 2.11. The van der Waals surface area contributed by atoms with Crippen LogP contribution in [0.1, 0.15) is 29.8 Å². The first-order valence-electron chi connectivity index (χ1n) is 6.72. The van der Waals surface area contributed by atoms with Gasteiger partial charge >= 0.3 is 5.97 Å². The van der Waals surface area contributed by atoms with Gasteiger partial charge in [0.15, 0.2) is 0 Å². The molecule has 2 aromatic rings. The van der Waals surface area contributed by atoms with Gasteiger partial charge in [-0.1, -0.05) is 23.7 Å². The van der Waals surface area contributed by atoms with E-state index in [4.69, 9.17) is 16.7 Å². The van der Waals surface area contributed by atoms with Crippen LogP contribution in [-0.4, -0.2) is 26.8 Å². The number of aromatic carboxylic acids is 1. The molecule has 0 aliphatic heterocycles. The Hall–Kier alpha value is -2.41. The normalized spacial score (nSPS) is 11.3. The Labute approximate surface area is 136 Å². The van der Waals surface area contributed by atoms with E-state index in [1.807, 2.05) is 0 Å². The van der Waals surface area contributed by atoms with Crippen LogP contribution < -0.4 is 5.32 Å². The molecule has 6 nitrogen and oxygen atoms in total. The highest BCUT2D eigenvalue weighted by atomic mass is 35.5. The summed E-state index contributed by atoms with van der Waals surface area (Å²) in [5.41, 5.74) is -0.752. The first-order valence-corrected chi connectivity index (χ1v) is 7.10. The molecular weight excluding hydrogens is 325 g/mol. The van der Waals surface area contributed by atoms with Crippen LogP contribution in [0.25, 0.3) is 0 Å². The average Bonchev–Trinajstić information content (AvgIpc) is 2.89. The number of carboxylic acids is 1. The predicted octanol–water partition coefficient (Wildman–Crippen LogP) is 2.43. The Bertz CT molecular complexity index is 758. The summed E-state index contributed by atoms with van der Waals surface area (Å²) in [6, 6.07) is 4.56. The molecule has 0 saturated carbocycles. The summed E-state index contributed by atoms with van der Waals surface area (Å²) < 4.78 is 15.3. The Morgan fingerprint density at radius 2 is 2.13 bits per heavy atom. The molecule has 0 bridgehead atoms. The third-order valence-corrected chi connectivity index (χ3v) is 3.55. The first kappa shape index (κ1) is 17.0. The maximum absolute atomic E-state index is 14.1. The van der Waals surface area contributed by atoms with E-state index in [2.05, 4.69) is 10.4 Å². The number of nitrogens with zero attached hydrogens (tertiary/aromatic N) is 2. The monoisotopic (exact) mass is 339 g/mol. The standard InChI is InChI=1S/C15H15ClFN3O3/c1-15(2,10-4-3-5-11(16)13(10)17)19-12(21)8-20-7-9(6-18-20)14(22)23/h3-7H,8H2,1-2H3,(H,19,21)(H,22,23). The Morgan fingerprint density at radius 1 is 1.43 bits per heavy atom. The summed E-state index contributed by atoms with van der Waals surface area (Å²) in [5, 5.41) is 15.3. The number of rotatable bonds is 5. The molecule has 1 heterocycles. The molecule has 0 spiro atoms. The van der Waals surface area contributed by atoms with Gasteiger partial charge in [0.25, 0.3) is 0 Å². The lowest BCUT2D eigenvalue weighted by Crippen LogP contribution is -2.43. The van der Waals surface area contributed by atoms with E-state index >= 15 is 0 Å². The maximum atomic E-state index is 14.1. The molecule has 0 fully saturated rings. The molecule has 0 aliphatic rings. The van der Waals surface area contributed by atoms with Crippen molar-refractivity contribution in [2.75, 3.05) is 0 Å². The van der Waals surface area contributed by atoms with Crippen molar-refractivity contribution in [2.24, 2.45) is 0 Å². The van der Waals surface area contributed by atoms with Gasteiger partial charge < -0.3 is 10.4 Å².